The monoisotopic (exact) mass is 219 g/mol. The third-order valence-corrected chi connectivity index (χ3v) is 3.52. The molecule has 1 amide bonds. The third-order valence-electron chi connectivity index (χ3n) is 2.94. The first-order valence-electron chi connectivity index (χ1n) is 5.23. The largest absolute Gasteiger partial charge is 0.342 e. The van der Waals surface area contributed by atoms with Crippen molar-refractivity contribution in [3.63, 3.8) is 0 Å². The van der Waals surface area contributed by atoms with Gasteiger partial charge in [0.25, 0.3) is 0 Å². The Labute approximate surface area is 87.4 Å². The summed E-state index contributed by atoms with van der Waals surface area (Å²) in [5, 5.41) is -1.15. The molecule has 14 heavy (non-hydrogen) atoms. The van der Waals surface area contributed by atoms with Gasteiger partial charge in [-0.15, -0.1) is 0 Å². The van der Waals surface area contributed by atoms with Crippen LogP contribution in [-0.4, -0.2) is 29.3 Å². The van der Waals surface area contributed by atoms with Crippen molar-refractivity contribution >= 4 is 15.1 Å². The normalized spacial score (nSPS) is 23.3. The van der Waals surface area contributed by atoms with Crippen LogP contribution >= 0.6 is 9.24 Å². The van der Waals surface area contributed by atoms with Gasteiger partial charge < -0.3 is 4.90 Å². The Bertz CT molecular complexity index is 210. The quantitative estimate of drug-likeness (QED) is 0.652. The van der Waals surface area contributed by atoms with Gasteiger partial charge in [0.2, 0.25) is 5.91 Å². The van der Waals surface area contributed by atoms with E-state index in [1.54, 1.807) is 4.90 Å². The van der Waals surface area contributed by atoms with Crippen LogP contribution in [-0.2, 0) is 4.79 Å². The first kappa shape index (κ1) is 11.9. The molecule has 82 valence electrons. The van der Waals surface area contributed by atoms with E-state index in [-0.39, 0.29) is 11.8 Å². The molecule has 1 saturated heterocycles. The van der Waals surface area contributed by atoms with E-state index < -0.39 is 5.41 Å². The molecule has 2 unspecified atom stereocenters. The topological polar surface area (TPSA) is 20.3 Å². The van der Waals surface area contributed by atoms with Crippen molar-refractivity contribution in [1.82, 2.24) is 4.90 Å². The van der Waals surface area contributed by atoms with E-state index in [2.05, 4.69) is 9.24 Å². The Morgan fingerprint density at radius 2 is 2.07 bits per heavy atom. The number of piperidine rings is 1. The molecule has 0 radical (unpaired) electrons. The van der Waals surface area contributed by atoms with E-state index in [1.165, 1.54) is 0 Å². The molecule has 1 rings (SSSR count). The molecule has 4 heteroatoms. The number of carbonyl (C=O) groups is 1. The fraction of sp³-hybridized carbons (Fsp3) is 0.900. The summed E-state index contributed by atoms with van der Waals surface area (Å²) in [6.07, 6.45) is 1.75. The molecule has 0 saturated carbocycles. The lowest BCUT2D eigenvalue weighted by molar-refractivity contribution is -0.136. The summed E-state index contributed by atoms with van der Waals surface area (Å²) >= 11 is 0. The first-order chi connectivity index (χ1) is 6.46. The number of likely N-dealkylation sites (tertiary alicyclic amines) is 1. The Morgan fingerprint density at radius 1 is 1.57 bits per heavy atom. The highest BCUT2D eigenvalue weighted by Crippen LogP contribution is 2.33. The maximum Gasteiger partial charge on any atom is 0.225 e. The number of hydrogen-bond donors (Lipinski definition) is 0. The van der Waals surface area contributed by atoms with Crippen LogP contribution < -0.4 is 0 Å². The lowest BCUT2D eigenvalue weighted by Gasteiger charge is -2.35. The van der Waals surface area contributed by atoms with Crippen molar-refractivity contribution < 1.29 is 9.18 Å². The van der Waals surface area contributed by atoms with Crippen molar-refractivity contribution in [2.45, 2.75) is 38.5 Å². The molecular weight excluding hydrogens is 200 g/mol. The second-order valence-corrected chi connectivity index (χ2v) is 5.20. The second kappa shape index (κ2) is 4.57. The van der Waals surface area contributed by atoms with Crippen LogP contribution in [0.4, 0.5) is 4.39 Å². The molecule has 0 aromatic rings. The van der Waals surface area contributed by atoms with Gasteiger partial charge in [-0.05, 0) is 6.42 Å². The van der Waals surface area contributed by atoms with E-state index in [0.717, 1.165) is 6.42 Å². The summed E-state index contributed by atoms with van der Waals surface area (Å²) in [4.78, 5) is 13.5. The average Bonchev–Trinajstić information content (AvgIpc) is 2.15. The van der Waals surface area contributed by atoms with Gasteiger partial charge >= 0.3 is 0 Å². The standard InChI is InChI=1S/C10H19FNOP/c1-3-8(2)9(13)12-6-4-10(11,14)5-7-12/h8H,3-7,14H2,1-2H3. The minimum atomic E-state index is -1.15. The minimum absolute atomic E-state index is 0.0756. The number of hydrogen-bond acceptors (Lipinski definition) is 1. The van der Waals surface area contributed by atoms with Gasteiger partial charge in [-0.3, -0.25) is 4.79 Å². The van der Waals surface area contributed by atoms with Crippen LogP contribution in [0.1, 0.15) is 33.1 Å². The lowest BCUT2D eigenvalue weighted by atomic mass is 10.0. The zero-order chi connectivity index (χ0) is 10.8. The highest BCUT2D eigenvalue weighted by molar-refractivity contribution is 7.18. The van der Waals surface area contributed by atoms with Gasteiger partial charge in [0.1, 0.15) is 5.41 Å². The Hall–Kier alpha value is -0.170. The van der Waals surface area contributed by atoms with Crippen molar-refractivity contribution in [3.8, 4) is 0 Å². The Morgan fingerprint density at radius 3 is 2.50 bits per heavy atom. The zero-order valence-corrected chi connectivity index (χ0v) is 10.1. The van der Waals surface area contributed by atoms with Gasteiger partial charge in [-0.2, -0.15) is 0 Å². The van der Waals surface area contributed by atoms with E-state index >= 15 is 0 Å². The Balaban J connectivity index is 2.46. The van der Waals surface area contributed by atoms with Crippen LogP contribution in [0.3, 0.4) is 0 Å². The lowest BCUT2D eigenvalue weighted by Crippen LogP contribution is -2.44. The van der Waals surface area contributed by atoms with Gasteiger partial charge in [0, 0.05) is 31.8 Å². The van der Waals surface area contributed by atoms with Crippen molar-refractivity contribution in [2.75, 3.05) is 13.1 Å². The summed E-state index contributed by atoms with van der Waals surface area (Å²) in [5.74, 6) is 0.250. The molecule has 0 aliphatic carbocycles. The van der Waals surface area contributed by atoms with Gasteiger partial charge in [0.05, 0.1) is 0 Å². The molecule has 1 aliphatic rings. The molecule has 0 bridgehead atoms. The van der Waals surface area contributed by atoms with Crippen molar-refractivity contribution in [3.05, 3.63) is 0 Å². The molecular formula is C10H19FNOP. The van der Waals surface area contributed by atoms with E-state index in [0.29, 0.717) is 25.9 Å². The zero-order valence-electron chi connectivity index (χ0n) is 8.92. The highest BCUT2D eigenvalue weighted by atomic mass is 31.0. The maximum atomic E-state index is 13.4. The summed E-state index contributed by atoms with van der Waals surface area (Å²) in [6.45, 7) is 5.05. The molecule has 2 nitrogen and oxygen atoms in total. The fourth-order valence-electron chi connectivity index (χ4n) is 1.59. The van der Waals surface area contributed by atoms with Crippen LogP contribution in [0.15, 0.2) is 0 Å². The average molecular weight is 219 g/mol. The summed E-state index contributed by atoms with van der Waals surface area (Å²) < 4.78 is 13.4. The van der Waals surface area contributed by atoms with Crippen molar-refractivity contribution in [1.29, 1.82) is 0 Å². The minimum Gasteiger partial charge on any atom is -0.342 e. The van der Waals surface area contributed by atoms with E-state index in [4.69, 9.17) is 0 Å². The van der Waals surface area contributed by atoms with Crippen LogP contribution in [0.25, 0.3) is 0 Å². The molecule has 1 fully saturated rings. The summed E-state index contributed by atoms with van der Waals surface area (Å²) in [6, 6.07) is 0. The number of alkyl halides is 1. The Kier molecular flexibility index (Phi) is 3.88. The molecule has 1 aliphatic heterocycles. The second-order valence-electron chi connectivity index (χ2n) is 4.17. The SMILES string of the molecule is CCC(C)C(=O)N1CCC(F)(P)CC1. The number of nitrogens with zero attached hydrogens (tertiary/aromatic N) is 1. The highest BCUT2D eigenvalue weighted by Gasteiger charge is 2.32. The first-order valence-corrected chi connectivity index (χ1v) is 5.80. The number of amides is 1. The predicted octanol–water partition coefficient (Wildman–Crippen LogP) is 2.20. The smallest absolute Gasteiger partial charge is 0.225 e. The molecule has 0 N–H and O–H groups in total. The van der Waals surface area contributed by atoms with E-state index in [1.807, 2.05) is 13.8 Å². The van der Waals surface area contributed by atoms with Crippen LogP contribution in [0.5, 0.6) is 0 Å². The van der Waals surface area contributed by atoms with Gasteiger partial charge in [0.15, 0.2) is 0 Å². The molecule has 1 heterocycles. The summed E-state index contributed by atoms with van der Waals surface area (Å²) in [7, 11) is 2.24. The third kappa shape index (κ3) is 2.91. The molecule has 0 aromatic heterocycles. The maximum absolute atomic E-state index is 13.4. The molecule has 0 aromatic carbocycles. The predicted molar refractivity (Wildman–Crippen MR) is 58.8 cm³/mol. The number of rotatable bonds is 2. The summed E-state index contributed by atoms with van der Waals surface area (Å²) in [5.41, 5.74) is 0. The van der Waals surface area contributed by atoms with Crippen LogP contribution in [0, 0.1) is 5.92 Å². The number of carbonyl (C=O) groups excluding carboxylic acids is 1. The van der Waals surface area contributed by atoms with Crippen molar-refractivity contribution in [2.24, 2.45) is 5.92 Å². The molecule has 2 atom stereocenters. The van der Waals surface area contributed by atoms with Gasteiger partial charge in [-0.25, -0.2) is 4.39 Å². The number of halogens is 1. The van der Waals surface area contributed by atoms with E-state index in [9.17, 15) is 9.18 Å². The molecule has 0 spiro atoms. The fourth-order valence-corrected chi connectivity index (χ4v) is 1.84. The van der Waals surface area contributed by atoms with Crippen LogP contribution in [0.2, 0.25) is 0 Å². The van der Waals surface area contributed by atoms with Gasteiger partial charge in [-0.1, -0.05) is 23.1 Å².